The number of anilines is 1. The molecule has 0 atom stereocenters. The highest BCUT2D eigenvalue weighted by Gasteiger charge is 2.10. The summed E-state index contributed by atoms with van der Waals surface area (Å²) in [5.41, 5.74) is 0. The van der Waals surface area contributed by atoms with Gasteiger partial charge in [-0.1, -0.05) is 34.4 Å². The Morgan fingerprint density at radius 1 is 1.47 bits per heavy atom. The van der Waals surface area contributed by atoms with Crippen LogP contribution in [0.5, 0.6) is 5.75 Å². The minimum Gasteiger partial charge on any atom is -0.482 e. The lowest BCUT2D eigenvalue weighted by Gasteiger charge is -2.08. The number of halogens is 2. The zero-order valence-corrected chi connectivity index (χ0v) is 11.5. The van der Waals surface area contributed by atoms with Gasteiger partial charge in [-0.15, -0.1) is 0 Å². The molecular formula is C12H10Cl2N2O3. The molecule has 0 saturated heterocycles. The van der Waals surface area contributed by atoms with Gasteiger partial charge in [0.05, 0.1) is 5.02 Å². The molecule has 0 aliphatic heterocycles. The number of carbonyl (C=O) groups excluding carboxylic acids is 1. The molecule has 2 aromatic rings. The SMILES string of the molecule is Cc1cc(NC(=O)COc2cccc(Cl)c2Cl)no1. The molecule has 0 aliphatic carbocycles. The quantitative estimate of drug-likeness (QED) is 0.941. The van der Waals surface area contributed by atoms with E-state index in [0.717, 1.165) is 0 Å². The number of ether oxygens (including phenoxy) is 1. The Kier molecular flexibility index (Phi) is 4.29. The fourth-order valence-corrected chi connectivity index (χ4v) is 1.69. The summed E-state index contributed by atoms with van der Waals surface area (Å²) in [5, 5.41) is 6.79. The molecule has 1 amide bonds. The predicted octanol–water partition coefficient (Wildman–Crippen LogP) is 3.31. The van der Waals surface area contributed by atoms with E-state index in [1.54, 1.807) is 31.2 Å². The summed E-state index contributed by atoms with van der Waals surface area (Å²) in [6.45, 7) is 1.52. The third-order valence-corrected chi connectivity index (χ3v) is 2.97. The molecule has 1 aromatic heterocycles. The van der Waals surface area contributed by atoms with E-state index in [-0.39, 0.29) is 17.5 Å². The summed E-state index contributed by atoms with van der Waals surface area (Å²) in [4.78, 5) is 11.6. The third-order valence-electron chi connectivity index (χ3n) is 2.17. The van der Waals surface area contributed by atoms with Crippen molar-refractivity contribution in [2.24, 2.45) is 0 Å². The molecule has 100 valence electrons. The normalized spacial score (nSPS) is 10.3. The third kappa shape index (κ3) is 3.62. The number of amides is 1. The highest BCUT2D eigenvalue weighted by molar-refractivity contribution is 6.42. The van der Waals surface area contributed by atoms with Crippen molar-refractivity contribution < 1.29 is 14.1 Å². The monoisotopic (exact) mass is 300 g/mol. The molecule has 5 nitrogen and oxygen atoms in total. The molecule has 1 heterocycles. The van der Waals surface area contributed by atoms with E-state index < -0.39 is 0 Å². The summed E-state index contributed by atoms with van der Waals surface area (Å²) in [6, 6.07) is 6.55. The predicted molar refractivity (Wildman–Crippen MR) is 71.8 cm³/mol. The van der Waals surface area contributed by atoms with Crippen molar-refractivity contribution in [3.8, 4) is 5.75 Å². The van der Waals surface area contributed by atoms with E-state index in [0.29, 0.717) is 22.4 Å². The molecule has 1 N–H and O–H groups in total. The lowest BCUT2D eigenvalue weighted by Crippen LogP contribution is -2.20. The average molecular weight is 301 g/mol. The Morgan fingerprint density at radius 3 is 2.95 bits per heavy atom. The summed E-state index contributed by atoms with van der Waals surface area (Å²) in [7, 11) is 0. The molecule has 0 fully saturated rings. The lowest BCUT2D eigenvalue weighted by atomic mass is 10.3. The number of aryl methyl sites for hydroxylation is 1. The number of nitrogens with zero attached hydrogens (tertiary/aromatic N) is 1. The van der Waals surface area contributed by atoms with Crippen LogP contribution in [-0.4, -0.2) is 17.7 Å². The van der Waals surface area contributed by atoms with Gasteiger partial charge < -0.3 is 14.6 Å². The van der Waals surface area contributed by atoms with Crippen molar-refractivity contribution in [1.82, 2.24) is 5.16 Å². The molecule has 7 heteroatoms. The van der Waals surface area contributed by atoms with Gasteiger partial charge in [0.1, 0.15) is 16.5 Å². The molecule has 0 bridgehead atoms. The maximum atomic E-state index is 11.6. The van der Waals surface area contributed by atoms with Gasteiger partial charge in [-0.05, 0) is 19.1 Å². The number of nitrogens with one attached hydrogen (secondary N) is 1. The van der Waals surface area contributed by atoms with Crippen LogP contribution in [0.15, 0.2) is 28.8 Å². The number of hydrogen-bond donors (Lipinski definition) is 1. The lowest BCUT2D eigenvalue weighted by molar-refractivity contribution is -0.118. The van der Waals surface area contributed by atoms with Crippen LogP contribution in [0.2, 0.25) is 10.0 Å². The first-order valence-corrected chi connectivity index (χ1v) is 6.12. The standard InChI is InChI=1S/C12H10Cl2N2O3/c1-7-5-10(16-19-7)15-11(17)6-18-9-4-2-3-8(13)12(9)14/h2-5H,6H2,1H3,(H,15,16,17). The van der Waals surface area contributed by atoms with Crippen molar-refractivity contribution in [1.29, 1.82) is 0 Å². The summed E-state index contributed by atoms with van der Waals surface area (Å²) >= 11 is 11.8. The number of carbonyl (C=O) groups is 1. The van der Waals surface area contributed by atoms with Gasteiger partial charge >= 0.3 is 0 Å². The molecular weight excluding hydrogens is 291 g/mol. The van der Waals surface area contributed by atoms with Crippen molar-refractivity contribution in [3.05, 3.63) is 40.1 Å². The van der Waals surface area contributed by atoms with Gasteiger partial charge in [0.25, 0.3) is 5.91 Å². The van der Waals surface area contributed by atoms with Gasteiger partial charge in [-0.25, -0.2) is 0 Å². The molecule has 2 rings (SSSR count). The van der Waals surface area contributed by atoms with Crippen LogP contribution in [0.25, 0.3) is 0 Å². The Morgan fingerprint density at radius 2 is 2.26 bits per heavy atom. The van der Waals surface area contributed by atoms with Gasteiger partial charge in [0, 0.05) is 6.07 Å². The van der Waals surface area contributed by atoms with E-state index in [4.69, 9.17) is 32.5 Å². The highest BCUT2D eigenvalue weighted by atomic mass is 35.5. The Hall–Kier alpha value is -1.72. The first kappa shape index (κ1) is 13.7. The second-order valence-electron chi connectivity index (χ2n) is 3.71. The van der Waals surface area contributed by atoms with Crippen molar-refractivity contribution in [2.75, 3.05) is 11.9 Å². The Balaban J connectivity index is 1.91. The fraction of sp³-hybridized carbons (Fsp3) is 0.167. The number of benzene rings is 1. The fourth-order valence-electron chi connectivity index (χ4n) is 1.34. The number of hydrogen-bond acceptors (Lipinski definition) is 4. The maximum absolute atomic E-state index is 11.6. The largest absolute Gasteiger partial charge is 0.482 e. The molecule has 0 aliphatic rings. The molecule has 19 heavy (non-hydrogen) atoms. The van der Waals surface area contributed by atoms with Gasteiger partial charge in [-0.3, -0.25) is 4.79 Å². The van der Waals surface area contributed by atoms with Gasteiger partial charge in [0.2, 0.25) is 0 Å². The minimum atomic E-state index is -0.371. The van der Waals surface area contributed by atoms with Crippen LogP contribution >= 0.6 is 23.2 Å². The van der Waals surface area contributed by atoms with Crippen LogP contribution in [0, 0.1) is 6.92 Å². The zero-order chi connectivity index (χ0) is 13.8. The van der Waals surface area contributed by atoms with Crippen molar-refractivity contribution in [3.63, 3.8) is 0 Å². The van der Waals surface area contributed by atoms with E-state index >= 15 is 0 Å². The van der Waals surface area contributed by atoms with Gasteiger partial charge in [-0.2, -0.15) is 0 Å². The van der Waals surface area contributed by atoms with Crippen LogP contribution in [-0.2, 0) is 4.79 Å². The molecule has 0 unspecified atom stereocenters. The average Bonchev–Trinajstić information content (AvgIpc) is 2.76. The van der Waals surface area contributed by atoms with E-state index in [2.05, 4.69) is 10.5 Å². The van der Waals surface area contributed by atoms with E-state index in [1.807, 2.05) is 0 Å². The molecule has 0 spiro atoms. The second kappa shape index (κ2) is 5.95. The number of rotatable bonds is 4. The smallest absolute Gasteiger partial charge is 0.263 e. The molecule has 0 radical (unpaired) electrons. The topological polar surface area (TPSA) is 64.4 Å². The summed E-state index contributed by atoms with van der Waals surface area (Å²) in [6.07, 6.45) is 0. The summed E-state index contributed by atoms with van der Waals surface area (Å²) < 4.78 is 10.1. The van der Waals surface area contributed by atoms with Crippen LogP contribution in [0.1, 0.15) is 5.76 Å². The first-order valence-electron chi connectivity index (χ1n) is 5.36. The van der Waals surface area contributed by atoms with Gasteiger partial charge in [0.15, 0.2) is 12.4 Å². The van der Waals surface area contributed by atoms with Crippen LogP contribution < -0.4 is 10.1 Å². The highest BCUT2D eigenvalue weighted by Crippen LogP contribution is 2.31. The molecule has 1 aromatic carbocycles. The Labute approximate surface area is 119 Å². The van der Waals surface area contributed by atoms with Crippen LogP contribution in [0.4, 0.5) is 5.82 Å². The molecule has 0 saturated carbocycles. The minimum absolute atomic E-state index is 0.202. The van der Waals surface area contributed by atoms with E-state index in [1.165, 1.54) is 0 Å². The van der Waals surface area contributed by atoms with E-state index in [9.17, 15) is 4.79 Å². The second-order valence-corrected chi connectivity index (χ2v) is 4.50. The Bertz CT molecular complexity index is 598. The first-order chi connectivity index (χ1) is 9.06. The number of aromatic nitrogens is 1. The summed E-state index contributed by atoms with van der Waals surface area (Å²) in [5.74, 6) is 0.919. The van der Waals surface area contributed by atoms with Crippen molar-refractivity contribution >= 4 is 34.9 Å². The zero-order valence-electron chi connectivity index (χ0n) is 9.94. The maximum Gasteiger partial charge on any atom is 0.263 e. The van der Waals surface area contributed by atoms with Crippen LogP contribution in [0.3, 0.4) is 0 Å². The van der Waals surface area contributed by atoms with Crippen molar-refractivity contribution in [2.45, 2.75) is 6.92 Å².